The molecule has 2 rings (SSSR count). The summed E-state index contributed by atoms with van der Waals surface area (Å²) >= 11 is 3.43. The average molecular weight is 434 g/mol. The number of benzene rings is 2. The van der Waals surface area contributed by atoms with Crippen LogP contribution >= 0.6 is 15.9 Å². The standard InChI is InChI=1S/C21H24BrNO4/c1-3-4-12-27-19-11-10-16(14-17(19)22)20(24)23-18(21(25)26-2)13-15-8-6-5-7-9-15/h5-11,14,18H,3-4,12-13H2,1-2H3,(H,23,24). The summed E-state index contributed by atoms with van der Waals surface area (Å²) in [6.45, 7) is 2.72. The Morgan fingerprint density at radius 2 is 1.89 bits per heavy atom. The highest BCUT2D eigenvalue weighted by atomic mass is 79.9. The Bertz CT molecular complexity index is 764. The number of methoxy groups -OCH3 is 1. The second kappa shape index (κ2) is 10.7. The quantitative estimate of drug-likeness (QED) is 0.476. The van der Waals surface area contributed by atoms with Gasteiger partial charge in [0.15, 0.2) is 0 Å². The second-order valence-electron chi connectivity index (χ2n) is 6.09. The number of ether oxygens (including phenoxy) is 2. The number of carbonyl (C=O) groups is 2. The summed E-state index contributed by atoms with van der Waals surface area (Å²) in [5.74, 6) is -0.137. The minimum Gasteiger partial charge on any atom is -0.492 e. The molecule has 0 aromatic heterocycles. The summed E-state index contributed by atoms with van der Waals surface area (Å²) in [6.07, 6.45) is 2.38. The molecule has 1 N–H and O–H groups in total. The molecule has 5 nitrogen and oxygen atoms in total. The minimum atomic E-state index is -0.760. The van der Waals surface area contributed by atoms with Gasteiger partial charge in [-0.1, -0.05) is 43.7 Å². The number of unbranched alkanes of at least 4 members (excludes halogenated alkanes) is 1. The Kier molecular flexibility index (Phi) is 8.33. The maximum atomic E-state index is 12.6. The second-order valence-corrected chi connectivity index (χ2v) is 6.94. The van der Waals surface area contributed by atoms with Crippen LogP contribution in [0.15, 0.2) is 53.0 Å². The number of carbonyl (C=O) groups excluding carboxylic acids is 2. The van der Waals surface area contributed by atoms with Crippen LogP contribution in [0.3, 0.4) is 0 Å². The molecule has 27 heavy (non-hydrogen) atoms. The van der Waals surface area contributed by atoms with Crippen molar-refractivity contribution in [3.63, 3.8) is 0 Å². The predicted octanol–water partition coefficient (Wildman–Crippen LogP) is 4.14. The summed E-state index contributed by atoms with van der Waals surface area (Å²) in [5.41, 5.74) is 1.38. The van der Waals surface area contributed by atoms with E-state index in [9.17, 15) is 9.59 Å². The van der Waals surface area contributed by atoms with Gasteiger partial charge in [-0.2, -0.15) is 0 Å². The van der Waals surface area contributed by atoms with E-state index in [1.54, 1.807) is 18.2 Å². The van der Waals surface area contributed by atoms with E-state index in [-0.39, 0.29) is 5.91 Å². The third-order valence-corrected chi connectivity index (χ3v) is 4.64. The molecule has 6 heteroatoms. The van der Waals surface area contributed by atoms with E-state index in [2.05, 4.69) is 28.2 Å². The summed E-state index contributed by atoms with van der Waals surface area (Å²) in [6, 6.07) is 13.8. The highest BCUT2D eigenvalue weighted by Gasteiger charge is 2.23. The van der Waals surface area contributed by atoms with E-state index < -0.39 is 12.0 Å². The van der Waals surface area contributed by atoms with E-state index >= 15 is 0 Å². The maximum absolute atomic E-state index is 12.6. The molecule has 0 spiro atoms. The van der Waals surface area contributed by atoms with E-state index in [1.807, 2.05) is 30.3 Å². The van der Waals surface area contributed by atoms with Gasteiger partial charge in [-0.3, -0.25) is 4.79 Å². The number of hydrogen-bond acceptors (Lipinski definition) is 4. The Labute approximate surface area is 168 Å². The molecule has 0 aliphatic heterocycles. The van der Waals surface area contributed by atoms with Crippen LogP contribution in [0.4, 0.5) is 0 Å². The fourth-order valence-corrected chi connectivity index (χ4v) is 3.01. The van der Waals surface area contributed by atoms with Crippen LogP contribution in [0.25, 0.3) is 0 Å². The van der Waals surface area contributed by atoms with Crippen molar-refractivity contribution in [3.8, 4) is 5.75 Å². The van der Waals surface area contributed by atoms with Gasteiger partial charge in [-0.05, 0) is 46.1 Å². The first-order chi connectivity index (χ1) is 13.0. The van der Waals surface area contributed by atoms with Crippen LogP contribution in [0.2, 0.25) is 0 Å². The van der Waals surface area contributed by atoms with Gasteiger partial charge in [0.2, 0.25) is 0 Å². The van der Waals surface area contributed by atoms with Crippen LogP contribution in [-0.2, 0) is 16.0 Å². The van der Waals surface area contributed by atoms with E-state index in [1.165, 1.54) is 7.11 Å². The van der Waals surface area contributed by atoms with E-state index in [0.717, 1.165) is 18.4 Å². The van der Waals surface area contributed by atoms with Crippen LogP contribution in [0, 0.1) is 0 Å². The van der Waals surface area contributed by atoms with Crippen LogP contribution < -0.4 is 10.1 Å². The smallest absolute Gasteiger partial charge is 0.328 e. The number of amides is 1. The number of rotatable bonds is 9. The molecule has 144 valence electrons. The summed E-state index contributed by atoms with van der Waals surface area (Å²) in [7, 11) is 1.31. The Morgan fingerprint density at radius 3 is 2.52 bits per heavy atom. The van der Waals surface area contributed by atoms with Crippen LogP contribution in [-0.4, -0.2) is 31.6 Å². The van der Waals surface area contributed by atoms with Crippen molar-refractivity contribution in [1.29, 1.82) is 0 Å². The molecule has 0 heterocycles. The van der Waals surface area contributed by atoms with Crippen molar-refractivity contribution in [2.75, 3.05) is 13.7 Å². The van der Waals surface area contributed by atoms with Gasteiger partial charge in [0.25, 0.3) is 5.91 Å². The monoisotopic (exact) mass is 433 g/mol. The van der Waals surface area contributed by atoms with Gasteiger partial charge in [0.1, 0.15) is 11.8 Å². The molecule has 1 unspecified atom stereocenters. The lowest BCUT2D eigenvalue weighted by Crippen LogP contribution is -2.43. The molecule has 2 aromatic rings. The van der Waals surface area contributed by atoms with Gasteiger partial charge in [0.05, 0.1) is 18.2 Å². The molecular formula is C21H24BrNO4. The normalized spacial score (nSPS) is 11.5. The molecule has 0 radical (unpaired) electrons. The van der Waals surface area contributed by atoms with Crippen molar-refractivity contribution in [2.24, 2.45) is 0 Å². The molecule has 0 aliphatic carbocycles. The molecule has 0 saturated carbocycles. The molecule has 0 fully saturated rings. The molecule has 0 aliphatic rings. The van der Waals surface area contributed by atoms with Crippen molar-refractivity contribution >= 4 is 27.8 Å². The van der Waals surface area contributed by atoms with Crippen LogP contribution in [0.1, 0.15) is 35.7 Å². The van der Waals surface area contributed by atoms with Crippen molar-refractivity contribution in [2.45, 2.75) is 32.2 Å². The highest BCUT2D eigenvalue weighted by Crippen LogP contribution is 2.26. The van der Waals surface area contributed by atoms with Crippen molar-refractivity contribution in [1.82, 2.24) is 5.32 Å². The molecular weight excluding hydrogens is 410 g/mol. The fraction of sp³-hybridized carbons (Fsp3) is 0.333. The zero-order valence-electron chi connectivity index (χ0n) is 15.5. The number of hydrogen-bond donors (Lipinski definition) is 1. The molecule has 1 atom stereocenters. The third-order valence-electron chi connectivity index (χ3n) is 4.02. The van der Waals surface area contributed by atoms with Crippen molar-refractivity contribution < 1.29 is 19.1 Å². The number of nitrogens with one attached hydrogen (secondary N) is 1. The first kappa shape index (κ1) is 21.0. The molecule has 1 amide bonds. The van der Waals surface area contributed by atoms with Gasteiger partial charge in [-0.15, -0.1) is 0 Å². The van der Waals surface area contributed by atoms with E-state index in [4.69, 9.17) is 9.47 Å². The number of esters is 1. The van der Waals surface area contributed by atoms with Gasteiger partial charge in [-0.25, -0.2) is 4.79 Å². The largest absolute Gasteiger partial charge is 0.492 e. The lowest BCUT2D eigenvalue weighted by Gasteiger charge is -2.17. The molecule has 0 bridgehead atoms. The number of halogens is 1. The average Bonchev–Trinajstić information content (AvgIpc) is 2.69. The highest BCUT2D eigenvalue weighted by molar-refractivity contribution is 9.10. The zero-order valence-corrected chi connectivity index (χ0v) is 17.1. The fourth-order valence-electron chi connectivity index (χ4n) is 2.51. The summed E-state index contributed by atoms with van der Waals surface area (Å²) < 4.78 is 11.2. The predicted molar refractivity (Wildman–Crippen MR) is 108 cm³/mol. The lowest BCUT2D eigenvalue weighted by atomic mass is 10.1. The van der Waals surface area contributed by atoms with Gasteiger partial charge < -0.3 is 14.8 Å². The van der Waals surface area contributed by atoms with Gasteiger partial charge >= 0.3 is 5.97 Å². The van der Waals surface area contributed by atoms with Gasteiger partial charge in [0, 0.05) is 12.0 Å². The van der Waals surface area contributed by atoms with Crippen molar-refractivity contribution in [3.05, 3.63) is 64.1 Å². The first-order valence-electron chi connectivity index (χ1n) is 8.90. The minimum absolute atomic E-state index is 0.345. The van der Waals surface area contributed by atoms with Crippen LogP contribution in [0.5, 0.6) is 5.75 Å². The first-order valence-corrected chi connectivity index (χ1v) is 9.69. The Hall–Kier alpha value is -2.34. The lowest BCUT2D eigenvalue weighted by molar-refractivity contribution is -0.142. The molecule has 0 saturated heterocycles. The Balaban J connectivity index is 2.07. The third kappa shape index (κ3) is 6.40. The Morgan fingerprint density at radius 1 is 1.15 bits per heavy atom. The molecule has 2 aromatic carbocycles. The summed E-state index contributed by atoms with van der Waals surface area (Å²) in [5, 5.41) is 2.76. The maximum Gasteiger partial charge on any atom is 0.328 e. The topological polar surface area (TPSA) is 64.6 Å². The SMILES string of the molecule is CCCCOc1ccc(C(=O)NC(Cc2ccccc2)C(=O)OC)cc1Br. The summed E-state index contributed by atoms with van der Waals surface area (Å²) in [4.78, 5) is 24.7. The van der Waals surface area contributed by atoms with E-state index in [0.29, 0.717) is 28.8 Å². The zero-order chi connectivity index (χ0) is 19.6.